The van der Waals surface area contributed by atoms with E-state index in [9.17, 15) is 13.2 Å². The molecule has 0 radical (unpaired) electrons. The summed E-state index contributed by atoms with van der Waals surface area (Å²) in [6.07, 6.45) is -2.86. The lowest BCUT2D eigenvalue weighted by Gasteiger charge is -2.19. The lowest BCUT2D eigenvalue weighted by Crippen LogP contribution is -2.19. The predicted octanol–water partition coefficient (Wildman–Crippen LogP) is 5.27. The third-order valence-electron chi connectivity index (χ3n) is 4.24. The molecule has 0 spiro atoms. The quantitative estimate of drug-likeness (QED) is 0.706. The van der Waals surface area contributed by atoms with Crippen molar-refractivity contribution in [1.29, 1.82) is 0 Å². The molecule has 1 heterocycles. The summed E-state index contributed by atoms with van der Waals surface area (Å²) in [7, 11) is 1.51. The summed E-state index contributed by atoms with van der Waals surface area (Å²) < 4.78 is 46.5. The minimum atomic E-state index is -4.73. The number of aryl methyl sites for hydroxylation is 2. The van der Waals surface area contributed by atoms with Crippen molar-refractivity contribution >= 4 is 5.82 Å². The van der Waals surface area contributed by atoms with Crippen molar-refractivity contribution in [3.63, 3.8) is 0 Å². The summed E-state index contributed by atoms with van der Waals surface area (Å²) in [4.78, 5) is 9.11. The molecule has 0 aliphatic heterocycles. The van der Waals surface area contributed by atoms with Crippen LogP contribution >= 0.6 is 0 Å². The summed E-state index contributed by atoms with van der Waals surface area (Å²) in [6, 6.07) is 4.38. The second-order valence-corrected chi connectivity index (χ2v) is 6.20. The van der Waals surface area contributed by atoms with Crippen LogP contribution in [0.1, 0.15) is 37.9 Å². The number of anilines is 1. The number of nitrogens with zero attached hydrogens (tertiary/aromatic N) is 2. The maximum Gasteiger partial charge on any atom is 0.573 e. The second kappa shape index (κ2) is 8.45. The maximum atomic E-state index is 12.4. The van der Waals surface area contributed by atoms with Crippen LogP contribution in [0, 0.1) is 13.8 Å². The highest BCUT2D eigenvalue weighted by atomic mass is 19.4. The molecule has 0 unspecified atom stereocenters. The van der Waals surface area contributed by atoms with Gasteiger partial charge in [-0.3, -0.25) is 0 Å². The van der Waals surface area contributed by atoms with E-state index in [1.54, 1.807) is 19.9 Å². The molecule has 27 heavy (non-hydrogen) atoms. The zero-order valence-electron chi connectivity index (χ0n) is 16.1. The first-order valence-corrected chi connectivity index (χ1v) is 8.74. The lowest BCUT2D eigenvalue weighted by molar-refractivity contribution is -0.274. The molecule has 1 aromatic heterocycles. The van der Waals surface area contributed by atoms with Crippen molar-refractivity contribution in [3.8, 4) is 22.9 Å². The molecule has 0 aliphatic rings. The van der Waals surface area contributed by atoms with Crippen molar-refractivity contribution < 1.29 is 22.6 Å². The molecule has 8 heteroatoms. The SMILES string of the molecule is CCC(CC)Nc1nc(C)c(-c2ccc(OC(F)(F)F)cc2C)nc1OC. The van der Waals surface area contributed by atoms with E-state index in [1.807, 2.05) is 0 Å². The molecule has 0 amide bonds. The number of aromatic nitrogens is 2. The highest BCUT2D eigenvalue weighted by molar-refractivity contribution is 5.68. The van der Waals surface area contributed by atoms with Crippen molar-refractivity contribution in [2.45, 2.75) is 52.9 Å². The highest BCUT2D eigenvalue weighted by Crippen LogP contribution is 2.33. The number of alkyl halides is 3. The normalized spacial score (nSPS) is 11.6. The van der Waals surface area contributed by atoms with Crippen molar-refractivity contribution in [2.75, 3.05) is 12.4 Å². The van der Waals surface area contributed by atoms with Crippen LogP contribution in [0.5, 0.6) is 11.6 Å². The average molecular weight is 383 g/mol. The Bertz CT molecular complexity index is 790. The Morgan fingerprint density at radius 3 is 2.30 bits per heavy atom. The van der Waals surface area contributed by atoms with E-state index in [1.165, 1.54) is 19.2 Å². The van der Waals surface area contributed by atoms with Gasteiger partial charge in [-0.05, 0) is 50.5 Å². The van der Waals surface area contributed by atoms with E-state index < -0.39 is 6.36 Å². The van der Waals surface area contributed by atoms with Gasteiger partial charge >= 0.3 is 6.36 Å². The van der Waals surface area contributed by atoms with Crippen LogP contribution in [0.4, 0.5) is 19.0 Å². The average Bonchev–Trinajstić information content (AvgIpc) is 2.59. The Balaban J connectivity index is 2.41. The van der Waals surface area contributed by atoms with Gasteiger partial charge in [0.15, 0.2) is 5.82 Å². The topological polar surface area (TPSA) is 56.3 Å². The van der Waals surface area contributed by atoms with Gasteiger partial charge in [-0.25, -0.2) is 9.97 Å². The number of nitrogens with one attached hydrogen (secondary N) is 1. The first kappa shape index (κ1) is 20.8. The van der Waals surface area contributed by atoms with Crippen molar-refractivity contribution in [3.05, 3.63) is 29.5 Å². The maximum absolute atomic E-state index is 12.4. The van der Waals surface area contributed by atoms with Crippen LogP contribution in [0.15, 0.2) is 18.2 Å². The summed E-state index contributed by atoms with van der Waals surface area (Å²) in [5, 5.41) is 3.32. The summed E-state index contributed by atoms with van der Waals surface area (Å²) in [6.45, 7) is 7.66. The van der Waals surface area contributed by atoms with Gasteiger partial charge in [-0.15, -0.1) is 13.2 Å². The number of hydrogen-bond donors (Lipinski definition) is 1. The van der Waals surface area contributed by atoms with Crippen molar-refractivity contribution in [2.24, 2.45) is 0 Å². The number of rotatable bonds is 7. The van der Waals surface area contributed by atoms with Gasteiger partial charge < -0.3 is 14.8 Å². The van der Waals surface area contributed by atoms with Gasteiger partial charge in [-0.1, -0.05) is 13.8 Å². The Kier molecular flexibility index (Phi) is 6.51. The summed E-state index contributed by atoms with van der Waals surface area (Å²) in [5.74, 6) is 0.632. The highest BCUT2D eigenvalue weighted by Gasteiger charge is 2.31. The number of methoxy groups -OCH3 is 1. The summed E-state index contributed by atoms with van der Waals surface area (Å²) >= 11 is 0. The second-order valence-electron chi connectivity index (χ2n) is 6.20. The van der Waals surface area contributed by atoms with Crippen LogP contribution < -0.4 is 14.8 Å². The first-order chi connectivity index (χ1) is 12.7. The van der Waals surface area contributed by atoms with Gasteiger partial charge in [0.05, 0.1) is 18.5 Å². The van der Waals surface area contributed by atoms with Crippen molar-refractivity contribution in [1.82, 2.24) is 9.97 Å². The van der Waals surface area contributed by atoms with Gasteiger partial charge in [0, 0.05) is 11.6 Å². The lowest BCUT2D eigenvalue weighted by atomic mass is 10.0. The van der Waals surface area contributed by atoms with E-state index in [0.29, 0.717) is 34.2 Å². The molecule has 0 aliphatic carbocycles. The predicted molar refractivity (Wildman–Crippen MR) is 98.2 cm³/mol. The molecule has 1 aromatic carbocycles. The fourth-order valence-corrected chi connectivity index (χ4v) is 2.78. The van der Waals surface area contributed by atoms with E-state index >= 15 is 0 Å². The molecule has 0 saturated carbocycles. The van der Waals surface area contributed by atoms with E-state index in [-0.39, 0.29) is 11.8 Å². The fraction of sp³-hybridized carbons (Fsp3) is 0.474. The number of hydrogen-bond acceptors (Lipinski definition) is 5. The fourth-order valence-electron chi connectivity index (χ4n) is 2.78. The van der Waals surface area contributed by atoms with Gasteiger partial charge in [0.25, 0.3) is 5.88 Å². The number of halogens is 3. The standard InChI is InChI=1S/C19H24F3N3O2/c1-6-13(7-2)24-17-18(26-5)25-16(12(4)23-17)15-9-8-14(10-11(15)3)27-19(20,21)22/h8-10,13H,6-7H2,1-5H3,(H,23,24). The Morgan fingerprint density at radius 1 is 1.11 bits per heavy atom. The Morgan fingerprint density at radius 2 is 1.78 bits per heavy atom. The molecule has 1 N–H and O–H groups in total. The number of ether oxygens (including phenoxy) is 2. The first-order valence-electron chi connectivity index (χ1n) is 8.74. The smallest absolute Gasteiger partial charge is 0.478 e. The van der Waals surface area contributed by atoms with E-state index in [4.69, 9.17) is 4.74 Å². The summed E-state index contributed by atoms with van der Waals surface area (Å²) in [5.41, 5.74) is 2.47. The van der Waals surface area contributed by atoms with E-state index in [0.717, 1.165) is 12.8 Å². The molecule has 148 valence electrons. The van der Waals surface area contributed by atoms with Gasteiger partial charge in [0.1, 0.15) is 5.75 Å². The Hall–Kier alpha value is -2.51. The molecule has 0 saturated heterocycles. The molecular formula is C19H24F3N3O2. The molecule has 0 atom stereocenters. The zero-order chi connectivity index (χ0) is 20.2. The molecule has 0 fully saturated rings. The third kappa shape index (κ3) is 5.24. The minimum absolute atomic E-state index is 0.249. The van der Waals surface area contributed by atoms with Crippen LogP contribution in [0.3, 0.4) is 0 Å². The van der Waals surface area contributed by atoms with Gasteiger partial charge in [-0.2, -0.15) is 0 Å². The van der Waals surface area contributed by atoms with Crippen LogP contribution in [0.2, 0.25) is 0 Å². The molecule has 2 aromatic rings. The zero-order valence-corrected chi connectivity index (χ0v) is 16.1. The van der Waals surface area contributed by atoms with Gasteiger partial charge in [0.2, 0.25) is 0 Å². The monoisotopic (exact) mass is 383 g/mol. The Labute approximate surface area is 156 Å². The van der Waals surface area contributed by atoms with Crippen LogP contribution in [-0.2, 0) is 0 Å². The largest absolute Gasteiger partial charge is 0.573 e. The molecule has 2 rings (SSSR count). The third-order valence-corrected chi connectivity index (χ3v) is 4.24. The molecular weight excluding hydrogens is 359 g/mol. The van der Waals surface area contributed by atoms with Crippen LogP contribution in [0.25, 0.3) is 11.3 Å². The molecule has 0 bridgehead atoms. The van der Waals surface area contributed by atoms with E-state index in [2.05, 4.69) is 33.9 Å². The molecule has 5 nitrogen and oxygen atoms in total. The van der Waals surface area contributed by atoms with Crippen LogP contribution in [-0.4, -0.2) is 29.5 Å². The number of benzene rings is 1. The minimum Gasteiger partial charge on any atom is -0.478 e.